The van der Waals surface area contributed by atoms with Crippen molar-refractivity contribution >= 4 is 35.0 Å². The highest BCUT2D eigenvalue weighted by Crippen LogP contribution is 2.39. The summed E-state index contributed by atoms with van der Waals surface area (Å²) in [6, 6.07) is 7.95. The fourth-order valence-corrected chi connectivity index (χ4v) is 9.80. The minimum Gasteiger partial charge on any atom is -0.493 e. The van der Waals surface area contributed by atoms with Gasteiger partial charge in [0.05, 0.1) is 111 Å². The molecular weight excluding hydrogens is 1290 g/mol. The van der Waals surface area contributed by atoms with E-state index < -0.39 is 107 Å². The van der Waals surface area contributed by atoms with Gasteiger partial charge in [0.2, 0.25) is 0 Å². The van der Waals surface area contributed by atoms with E-state index in [0.717, 1.165) is 44.6 Å². The molecule has 0 amide bonds. The molecule has 0 aromatic heterocycles. The van der Waals surface area contributed by atoms with Gasteiger partial charge in [-0.15, -0.1) is 0 Å². The number of esters is 2. The van der Waals surface area contributed by atoms with Crippen LogP contribution >= 0.6 is 0 Å². The molecular formula is C60H85N3O33. The lowest BCUT2D eigenvalue weighted by molar-refractivity contribution is -0.386. The standard InChI is InChI=1S/C24H35NO13.C19H27NO12.C17H23NO8/c1-31-16-11-14(13-36-19-8-4-5-9-35-19)15(25(29)30)12-17(16)34-10-6-7-18(26)37-22-20(27)23(32-2)38-24(33-3)21(22)28;1-27-12-7-10(9-21)11(20(25)26)8-13(12)30-6-4-5-14(22)31-17-15(23)18(28-2)32-19(29-3)16(17)24;1-23-14-9-12(11-26-17-6-2-3-7-25-17)13(18(21)22)10-15(14)24-8-4-5-16(19)20/h11-12,19-24,27-28H,4-10,13H2,1-3H3;7-8,15-19,21,23-24H,4-6,9H2,1-3H3;9-10,17H,2-8,11H2,1H3,(H,19,20)/t19?,20-,21+,22?,23-,24-;15-,16+,17?,18-,19-;/m00./s1. The number of benzene rings is 3. The number of carbonyl (C=O) groups is 3. The van der Waals surface area contributed by atoms with Gasteiger partial charge in [-0.05, 0) is 76.0 Å². The lowest BCUT2D eigenvalue weighted by atomic mass is 10.0. The summed E-state index contributed by atoms with van der Waals surface area (Å²) in [5, 5.41) is 93.1. The van der Waals surface area contributed by atoms with Crippen molar-refractivity contribution in [1.82, 2.24) is 0 Å². The fraction of sp³-hybridized carbons (Fsp3) is 0.650. The van der Waals surface area contributed by atoms with Crippen LogP contribution < -0.4 is 28.4 Å². The molecule has 0 saturated carbocycles. The van der Waals surface area contributed by atoms with E-state index in [4.69, 9.17) is 90.4 Å². The smallest absolute Gasteiger partial charge is 0.306 e. The highest BCUT2D eigenvalue weighted by molar-refractivity contribution is 5.70. The van der Waals surface area contributed by atoms with Gasteiger partial charge in [-0.3, -0.25) is 44.7 Å². The highest BCUT2D eigenvalue weighted by Gasteiger charge is 2.49. The third-order valence-electron chi connectivity index (χ3n) is 14.8. The largest absolute Gasteiger partial charge is 0.493 e. The van der Waals surface area contributed by atoms with Crippen LogP contribution in [0.3, 0.4) is 0 Å². The summed E-state index contributed by atoms with van der Waals surface area (Å²) in [5.74, 6) is -1.17. The van der Waals surface area contributed by atoms with Crippen molar-refractivity contribution in [3.8, 4) is 34.5 Å². The summed E-state index contributed by atoms with van der Waals surface area (Å²) in [7, 11) is 9.32. The number of aliphatic carboxylic acids is 1. The number of nitro groups is 3. The van der Waals surface area contributed by atoms with Gasteiger partial charge >= 0.3 is 17.9 Å². The second kappa shape index (κ2) is 40.9. The second-order valence-corrected chi connectivity index (χ2v) is 21.3. The molecule has 6 N–H and O–H groups in total. The molecule has 7 rings (SSSR count). The third-order valence-corrected chi connectivity index (χ3v) is 14.8. The molecule has 0 radical (unpaired) electrons. The van der Waals surface area contributed by atoms with Gasteiger partial charge in [0.1, 0.15) is 24.4 Å². The number of hydrogen-bond acceptors (Lipinski definition) is 32. The van der Waals surface area contributed by atoms with Crippen molar-refractivity contribution in [2.75, 3.05) is 82.8 Å². The first-order valence-electron chi connectivity index (χ1n) is 30.3. The van der Waals surface area contributed by atoms with Crippen LogP contribution in [0, 0.1) is 30.3 Å². The molecule has 0 bridgehead atoms. The van der Waals surface area contributed by atoms with Crippen LogP contribution in [-0.2, 0) is 91.0 Å². The van der Waals surface area contributed by atoms with Crippen LogP contribution in [-0.4, -0.2) is 220 Å². The van der Waals surface area contributed by atoms with Crippen LogP contribution in [0.25, 0.3) is 0 Å². The summed E-state index contributed by atoms with van der Waals surface area (Å²) in [6.45, 7) is 0.781. The molecule has 12 atom stereocenters. The predicted molar refractivity (Wildman–Crippen MR) is 323 cm³/mol. The monoisotopic (exact) mass is 1380 g/mol. The molecule has 4 fully saturated rings. The summed E-state index contributed by atoms with van der Waals surface area (Å²) in [6.07, 6.45) is -8.07. The van der Waals surface area contributed by atoms with Gasteiger partial charge in [0, 0.05) is 60.9 Å². The number of ether oxygens (including phenoxy) is 18. The van der Waals surface area contributed by atoms with Crippen molar-refractivity contribution < 1.29 is 145 Å². The maximum Gasteiger partial charge on any atom is 0.306 e. The molecule has 3 aromatic carbocycles. The molecule has 0 spiro atoms. The number of nitro benzene ring substituents is 3. The van der Waals surface area contributed by atoms with Crippen molar-refractivity contribution in [2.45, 2.75) is 171 Å². The molecule has 4 aliphatic rings. The Bertz CT molecular complexity index is 2910. The summed E-state index contributed by atoms with van der Waals surface area (Å²) < 4.78 is 95.4. The SMILES string of the molecule is COc1cc(CO)c([N+](=O)[O-])cc1OCCCC(=O)OC1[C@@H](O)[C@@H](OC)O[C@H](OC)[C@H]1O.COc1cc(COC2CCCCO2)c([N+](=O)[O-])cc1OCCCC(=O)O.COc1cc(COC2CCCCO2)c([N+](=O)[O-])cc1OCCCC(=O)OC1[C@@H](O)[C@@H](OC)O[C@H](OC)[C@H]1O. The van der Waals surface area contributed by atoms with E-state index in [1.54, 1.807) is 0 Å². The number of methoxy groups -OCH3 is 7. The molecule has 0 aliphatic carbocycles. The topological polar surface area (TPSA) is 468 Å². The molecule has 4 heterocycles. The first kappa shape index (κ1) is 79.2. The van der Waals surface area contributed by atoms with E-state index in [2.05, 4.69) is 0 Å². The minimum absolute atomic E-state index is 0.00858. The molecule has 36 heteroatoms. The Hall–Kier alpha value is -7.53. The average Bonchev–Trinajstić information content (AvgIpc) is 0.877. The van der Waals surface area contributed by atoms with Gasteiger partial charge in [0.25, 0.3) is 17.1 Å². The second-order valence-electron chi connectivity index (χ2n) is 21.3. The van der Waals surface area contributed by atoms with Gasteiger partial charge in [-0.2, -0.15) is 0 Å². The fourth-order valence-electron chi connectivity index (χ4n) is 9.80. The first-order chi connectivity index (χ1) is 46.1. The van der Waals surface area contributed by atoms with Crippen molar-refractivity contribution in [2.24, 2.45) is 0 Å². The third kappa shape index (κ3) is 23.6. The Kier molecular flexibility index (Phi) is 33.7. The van der Waals surface area contributed by atoms with Crippen LogP contribution in [0.2, 0.25) is 0 Å². The lowest BCUT2D eigenvalue weighted by Crippen LogP contribution is -2.59. The summed E-state index contributed by atoms with van der Waals surface area (Å²) in [5.41, 5.74) is 0.0765. The van der Waals surface area contributed by atoms with Crippen LogP contribution in [0.1, 0.15) is 93.7 Å². The quantitative estimate of drug-likeness (QED) is 0.0211. The zero-order valence-electron chi connectivity index (χ0n) is 54.1. The summed E-state index contributed by atoms with van der Waals surface area (Å²) in [4.78, 5) is 67.6. The first-order valence-corrected chi connectivity index (χ1v) is 30.3. The normalized spacial score (nSPS) is 23.9. The number of carboxylic acids is 1. The highest BCUT2D eigenvalue weighted by atomic mass is 16.8. The molecule has 3 aromatic rings. The van der Waals surface area contributed by atoms with Crippen molar-refractivity contribution in [1.29, 1.82) is 0 Å². The molecule has 4 unspecified atom stereocenters. The number of rotatable bonds is 34. The number of carboxylic acid groups (broad SMARTS) is 1. The lowest BCUT2D eigenvalue weighted by Gasteiger charge is -2.40. The zero-order valence-corrected chi connectivity index (χ0v) is 54.1. The Balaban J connectivity index is 0.000000265. The van der Waals surface area contributed by atoms with Gasteiger partial charge in [-0.1, -0.05) is 0 Å². The zero-order chi connectivity index (χ0) is 70.4. The maximum atomic E-state index is 12.4. The van der Waals surface area contributed by atoms with Crippen molar-refractivity contribution in [3.05, 3.63) is 83.4 Å². The Morgan fingerprint density at radius 2 is 0.802 bits per heavy atom. The number of nitrogens with zero attached hydrogens (tertiary/aromatic N) is 3. The molecule has 96 heavy (non-hydrogen) atoms. The molecule has 4 saturated heterocycles. The van der Waals surface area contributed by atoms with Gasteiger partial charge in [-0.25, -0.2) is 0 Å². The van der Waals surface area contributed by atoms with Crippen LogP contribution in [0.15, 0.2) is 36.4 Å². The number of carbonyl (C=O) groups excluding carboxylic acids is 2. The number of hydrogen-bond donors (Lipinski definition) is 6. The minimum atomic E-state index is -1.43. The molecule has 538 valence electrons. The van der Waals surface area contributed by atoms with Crippen LogP contribution in [0.5, 0.6) is 34.5 Å². The summed E-state index contributed by atoms with van der Waals surface area (Å²) >= 11 is 0. The Morgan fingerprint density at radius 3 is 1.08 bits per heavy atom. The van der Waals surface area contributed by atoms with Gasteiger partial charge < -0.3 is 116 Å². The predicted octanol–water partition coefficient (Wildman–Crippen LogP) is 4.17. The van der Waals surface area contributed by atoms with E-state index in [0.29, 0.717) is 30.1 Å². The van der Waals surface area contributed by atoms with E-state index >= 15 is 0 Å². The Morgan fingerprint density at radius 1 is 0.479 bits per heavy atom. The molecule has 4 aliphatic heterocycles. The number of aliphatic hydroxyl groups is 5. The molecule has 36 nitrogen and oxygen atoms in total. The van der Waals surface area contributed by atoms with E-state index in [1.807, 2.05) is 0 Å². The Labute approximate surface area is 550 Å². The maximum absolute atomic E-state index is 12.4. The van der Waals surface area contributed by atoms with E-state index in [-0.39, 0.29) is 129 Å². The van der Waals surface area contributed by atoms with E-state index in [1.165, 1.54) is 80.1 Å². The van der Waals surface area contributed by atoms with Gasteiger partial charge in [0.15, 0.2) is 84.4 Å². The van der Waals surface area contributed by atoms with E-state index in [9.17, 15) is 70.3 Å². The average molecular weight is 1380 g/mol. The number of aliphatic hydroxyl groups excluding tert-OH is 5. The van der Waals surface area contributed by atoms with Crippen molar-refractivity contribution in [3.63, 3.8) is 0 Å². The van der Waals surface area contributed by atoms with Crippen LogP contribution in [0.4, 0.5) is 17.1 Å².